The molecule has 0 bridgehead atoms. The van der Waals surface area contributed by atoms with E-state index in [0.717, 1.165) is 12.8 Å². The fourth-order valence-electron chi connectivity index (χ4n) is 2.25. The molecule has 1 saturated carbocycles. The van der Waals surface area contributed by atoms with Crippen LogP contribution in [0.15, 0.2) is 18.2 Å². The number of hydrogen-bond acceptors (Lipinski definition) is 3. The molecule has 0 spiro atoms. The number of urea groups is 1. The maximum atomic E-state index is 13.7. The number of nitrogens with one attached hydrogen (secondary N) is 1. The number of carbonyl (C=O) groups is 1. The van der Waals surface area contributed by atoms with Gasteiger partial charge in [-0.05, 0) is 37.5 Å². The lowest BCUT2D eigenvalue weighted by Crippen LogP contribution is -2.43. The summed E-state index contributed by atoms with van der Waals surface area (Å²) in [6.45, 7) is 2.05. The maximum Gasteiger partial charge on any atom is 0.318 e. The van der Waals surface area contributed by atoms with E-state index in [2.05, 4.69) is 5.32 Å². The standard InChI is InChI=1S/C15H21FN2O3/c1-10(11-3-6-14(21-2)13(16)9-11)17-15(20)18(7-8-19)12-4-5-12/h3,6,9-10,12,19H,4-5,7-8H2,1-2H3,(H,17,20). The molecule has 0 radical (unpaired) electrons. The van der Waals surface area contributed by atoms with Crippen molar-refractivity contribution in [1.82, 2.24) is 10.2 Å². The highest BCUT2D eigenvalue weighted by atomic mass is 19.1. The number of aliphatic hydroxyl groups is 1. The van der Waals surface area contributed by atoms with E-state index in [1.807, 2.05) is 0 Å². The van der Waals surface area contributed by atoms with E-state index in [4.69, 9.17) is 9.84 Å². The van der Waals surface area contributed by atoms with Gasteiger partial charge in [-0.2, -0.15) is 0 Å². The lowest BCUT2D eigenvalue weighted by Gasteiger charge is -2.24. The first kappa shape index (κ1) is 15.6. The Hall–Kier alpha value is -1.82. The van der Waals surface area contributed by atoms with Crippen molar-refractivity contribution in [3.8, 4) is 5.75 Å². The predicted molar refractivity (Wildman–Crippen MR) is 76.7 cm³/mol. The SMILES string of the molecule is COc1ccc(C(C)NC(=O)N(CCO)C2CC2)cc1F. The summed E-state index contributed by atoms with van der Waals surface area (Å²) in [5, 5.41) is 11.9. The van der Waals surface area contributed by atoms with E-state index in [1.165, 1.54) is 13.2 Å². The normalized spacial score (nSPS) is 15.4. The summed E-state index contributed by atoms with van der Waals surface area (Å²) in [6, 6.07) is 4.29. The summed E-state index contributed by atoms with van der Waals surface area (Å²) < 4.78 is 18.6. The third-order valence-electron chi connectivity index (χ3n) is 3.61. The molecule has 0 heterocycles. The van der Waals surface area contributed by atoms with E-state index in [-0.39, 0.29) is 30.5 Å². The van der Waals surface area contributed by atoms with Crippen molar-refractivity contribution >= 4 is 6.03 Å². The highest BCUT2D eigenvalue weighted by Gasteiger charge is 2.32. The molecule has 1 unspecified atom stereocenters. The van der Waals surface area contributed by atoms with Crippen LogP contribution >= 0.6 is 0 Å². The van der Waals surface area contributed by atoms with Crippen molar-refractivity contribution in [2.24, 2.45) is 0 Å². The molecule has 5 nitrogen and oxygen atoms in total. The molecule has 0 saturated heterocycles. The molecule has 116 valence electrons. The number of carbonyl (C=O) groups excluding carboxylic acids is 1. The van der Waals surface area contributed by atoms with Gasteiger partial charge in [0.15, 0.2) is 11.6 Å². The van der Waals surface area contributed by atoms with Crippen molar-refractivity contribution in [3.05, 3.63) is 29.6 Å². The Morgan fingerprint density at radius 1 is 1.57 bits per heavy atom. The number of rotatable bonds is 6. The summed E-state index contributed by atoms with van der Waals surface area (Å²) in [4.78, 5) is 13.8. The van der Waals surface area contributed by atoms with Crippen LogP contribution in [0.25, 0.3) is 0 Å². The van der Waals surface area contributed by atoms with E-state index in [0.29, 0.717) is 12.1 Å². The first-order valence-corrected chi connectivity index (χ1v) is 7.08. The molecule has 2 amide bonds. The van der Waals surface area contributed by atoms with Gasteiger partial charge in [-0.25, -0.2) is 9.18 Å². The lowest BCUT2D eigenvalue weighted by molar-refractivity contribution is 0.171. The molecule has 1 fully saturated rings. The second kappa shape index (κ2) is 6.76. The molecule has 1 aromatic carbocycles. The van der Waals surface area contributed by atoms with Crippen molar-refractivity contribution < 1.29 is 19.0 Å². The van der Waals surface area contributed by atoms with Gasteiger partial charge in [0.1, 0.15) is 0 Å². The fraction of sp³-hybridized carbons (Fsp3) is 0.533. The van der Waals surface area contributed by atoms with Gasteiger partial charge in [0, 0.05) is 12.6 Å². The molecule has 21 heavy (non-hydrogen) atoms. The number of hydrogen-bond donors (Lipinski definition) is 2. The Kier molecular flexibility index (Phi) is 5.01. The molecule has 1 atom stereocenters. The summed E-state index contributed by atoms with van der Waals surface area (Å²) in [5.74, 6) is -0.275. The quantitative estimate of drug-likeness (QED) is 0.844. The molecule has 1 aliphatic rings. The van der Waals surface area contributed by atoms with Crippen LogP contribution in [-0.4, -0.2) is 42.3 Å². The number of ether oxygens (including phenoxy) is 1. The van der Waals surface area contributed by atoms with Gasteiger partial charge in [-0.3, -0.25) is 0 Å². The Labute approximate surface area is 123 Å². The van der Waals surface area contributed by atoms with Gasteiger partial charge in [0.25, 0.3) is 0 Å². The van der Waals surface area contributed by atoms with Gasteiger partial charge in [-0.15, -0.1) is 0 Å². The Morgan fingerprint density at radius 2 is 2.29 bits per heavy atom. The molecule has 0 aromatic heterocycles. The summed E-state index contributed by atoms with van der Waals surface area (Å²) in [7, 11) is 1.41. The largest absolute Gasteiger partial charge is 0.494 e. The molecule has 1 aromatic rings. The zero-order chi connectivity index (χ0) is 15.4. The minimum Gasteiger partial charge on any atom is -0.494 e. The first-order chi connectivity index (χ1) is 10.1. The fourth-order valence-corrected chi connectivity index (χ4v) is 2.25. The van der Waals surface area contributed by atoms with Gasteiger partial charge >= 0.3 is 6.03 Å². The first-order valence-electron chi connectivity index (χ1n) is 7.08. The number of methoxy groups -OCH3 is 1. The van der Waals surface area contributed by atoms with Crippen LogP contribution in [0, 0.1) is 5.82 Å². The van der Waals surface area contributed by atoms with Crippen LogP contribution in [0.5, 0.6) is 5.75 Å². The minimum absolute atomic E-state index is 0.0601. The van der Waals surface area contributed by atoms with Crippen LogP contribution in [0.1, 0.15) is 31.4 Å². The molecule has 6 heteroatoms. The zero-order valence-corrected chi connectivity index (χ0v) is 12.3. The van der Waals surface area contributed by atoms with Crippen LogP contribution < -0.4 is 10.1 Å². The van der Waals surface area contributed by atoms with E-state index >= 15 is 0 Å². The van der Waals surface area contributed by atoms with Crippen molar-refractivity contribution in [2.45, 2.75) is 31.8 Å². The van der Waals surface area contributed by atoms with E-state index in [1.54, 1.807) is 24.0 Å². The lowest BCUT2D eigenvalue weighted by atomic mass is 10.1. The molecular formula is C15H21FN2O3. The van der Waals surface area contributed by atoms with Gasteiger partial charge in [0.05, 0.1) is 19.8 Å². The zero-order valence-electron chi connectivity index (χ0n) is 12.3. The Bertz CT molecular complexity index is 506. The van der Waals surface area contributed by atoms with Crippen molar-refractivity contribution in [1.29, 1.82) is 0 Å². The van der Waals surface area contributed by atoms with E-state index < -0.39 is 5.82 Å². The maximum absolute atomic E-state index is 13.7. The Balaban J connectivity index is 2.01. The average Bonchev–Trinajstić information content (AvgIpc) is 3.28. The topological polar surface area (TPSA) is 61.8 Å². The number of aliphatic hydroxyl groups excluding tert-OH is 1. The van der Waals surface area contributed by atoms with Crippen molar-refractivity contribution in [3.63, 3.8) is 0 Å². The van der Waals surface area contributed by atoms with Crippen LogP contribution in [0.4, 0.5) is 9.18 Å². The average molecular weight is 296 g/mol. The predicted octanol–water partition coefficient (Wildman–Crippen LogP) is 2.06. The molecule has 0 aliphatic heterocycles. The summed E-state index contributed by atoms with van der Waals surface area (Å²) in [6.07, 6.45) is 1.94. The smallest absolute Gasteiger partial charge is 0.318 e. The van der Waals surface area contributed by atoms with Crippen LogP contribution in [0.2, 0.25) is 0 Å². The number of benzene rings is 1. The minimum atomic E-state index is -0.453. The summed E-state index contributed by atoms with van der Waals surface area (Å²) in [5.41, 5.74) is 0.668. The Morgan fingerprint density at radius 3 is 2.81 bits per heavy atom. The second-order valence-corrected chi connectivity index (χ2v) is 5.21. The van der Waals surface area contributed by atoms with Gasteiger partial charge < -0.3 is 20.1 Å². The van der Waals surface area contributed by atoms with Crippen molar-refractivity contribution in [2.75, 3.05) is 20.3 Å². The van der Waals surface area contributed by atoms with Crippen LogP contribution in [0.3, 0.4) is 0 Å². The molecular weight excluding hydrogens is 275 g/mol. The molecule has 2 rings (SSSR count). The third-order valence-corrected chi connectivity index (χ3v) is 3.61. The number of halogens is 1. The second-order valence-electron chi connectivity index (χ2n) is 5.21. The third kappa shape index (κ3) is 3.85. The molecule has 2 N–H and O–H groups in total. The summed E-state index contributed by atoms with van der Waals surface area (Å²) >= 11 is 0. The number of amides is 2. The highest BCUT2D eigenvalue weighted by Crippen LogP contribution is 2.27. The highest BCUT2D eigenvalue weighted by molar-refractivity contribution is 5.75. The van der Waals surface area contributed by atoms with Gasteiger partial charge in [0.2, 0.25) is 0 Å². The van der Waals surface area contributed by atoms with E-state index in [9.17, 15) is 9.18 Å². The number of nitrogens with zero attached hydrogens (tertiary/aromatic N) is 1. The van der Waals surface area contributed by atoms with Crippen LogP contribution in [-0.2, 0) is 0 Å². The van der Waals surface area contributed by atoms with Gasteiger partial charge in [-0.1, -0.05) is 6.07 Å². The monoisotopic (exact) mass is 296 g/mol. The molecule has 1 aliphatic carbocycles.